The van der Waals surface area contributed by atoms with Gasteiger partial charge >= 0.3 is 0 Å². The minimum atomic E-state index is 0.605. The number of anilines is 1. The van der Waals surface area contributed by atoms with Crippen LogP contribution in [-0.4, -0.2) is 39.1 Å². The third kappa shape index (κ3) is 9.73. The SMILES string of the molecule is CN(C)C.NCCNNc1cccc(Cl)c1. The number of halogens is 1. The van der Waals surface area contributed by atoms with Crippen LogP contribution in [0.3, 0.4) is 0 Å². The van der Waals surface area contributed by atoms with E-state index in [0.717, 1.165) is 17.3 Å². The average Bonchev–Trinajstić information content (AvgIpc) is 2.17. The molecule has 1 rings (SSSR count). The number of hydrogen-bond donors (Lipinski definition) is 3. The molecule has 16 heavy (non-hydrogen) atoms. The third-order valence-corrected chi connectivity index (χ3v) is 1.56. The summed E-state index contributed by atoms with van der Waals surface area (Å²) in [6.07, 6.45) is 0. The van der Waals surface area contributed by atoms with Gasteiger partial charge in [-0.2, -0.15) is 0 Å². The Hall–Kier alpha value is -0.810. The first-order valence-electron chi connectivity index (χ1n) is 5.11. The molecule has 0 amide bonds. The summed E-state index contributed by atoms with van der Waals surface area (Å²) in [5.41, 5.74) is 12.2. The summed E-state index contributed by atoms with van der Waals surface area (Å²) in [4.78, 5) is 2.00. The van der Waals surface area contributed by atoms with E-state index in [2.05, 4.69) is 10.9 Å². The first-order valence-corrected chi connectivity index (χ1v) is 5.49. The van der Waals surface area contributed by atoms with E-state index in [1.807, 2.05) is 50.3 Å². The van der Waals surface area contributed by atoms with Crippen LogP contribution in [0.15, 0.2) is 24.3 Å². The molecule has 4 N–H and O–H groups in total. The number of nitrogens with one attached hydrogen (secondary N) is 2. The highest BCUT2D eigenvalue weighted by Crippen LogP contribution is 2.13. The lowest BCUT2D eigenvalue weighted by atomic mass is 10.3. The standard InChI is InChI=1S/C8H12ClN3.C3H9N/c9-7-2-1-3-8(6-7)12-11-5-4-10;1-4(2)3/h1-3,6,11-12H,4-5,10H2;1-3H3. The summed E-state index contributed by atoms with van der Waals surface area (Å²) in [5.74, 6) is 0. The summed E-state index contributed by atoms with van der Waals surface area (Å²) in [7, 11) is 6.00. The molecular weight excluding hydrogens is 224 g/mol. The second-order valence-electron chi connectivity index (χ2n) is 3.69. The van der Waals surface area contributed by atoms with Crippen LogP contribution in [0.4, 0.5) is 5.69 Å². The van der Waals surface area contributed by atoms with Crippen molar-refractivity contribution in [3.05, 3.63) is 29.3 Å². The molecule has 1 aromatic carbocycles. The molecule has 0 bridgehead atoms. The van der Waals surface area contributed by atoms with Gasteiger partial charge in [-0.1, -0.05) is 17.7 Å². The number of hydrazine groups is 1. The molecule has 0 spiro atoms. The van der Waals surface area contributed by atoms with Gasteiger partial charge in [-0.05, 0) is 39.3 Å². The van der Waals surface area contributed by atoms with Crippen molar-refractivity contribution >= 4 is 17.3 Å². The van der Waals surface area contributed by atoms with Gasteiger partial charge in [-0.3, -0.25) is 0 Å². The topological polar surface area (TPSA) is 53.3 Å². The summed E-state index contributed by atoms with van der Waals surface area (Å²) < 4.78 is 0. The van der Waals surface area contributed by atoms with Gasteiger partial charge in [0.2, 0.25) is 0 Å². The van der Waals surface area contributed by atoms with Gasteiger partial charge in [-0.25, -0.2) is 5.43 Å². The maximum atomic E-state index is 5.77. The summed E-state index contributed by atoms with van der Waals surface area (Å²) in [6.45, 7) is 1.33. The van der Waals surface area contributed by atoms with Crippen molar-refractivity contribution in [2.75, 3.05) is 39.7 Å². The highest BCUT2D eigenvalue weighted by Gasteiger charge is 1.90. The summed E-state index contributed by atoms with van der Waals surface area (Å²) in [5, 5.41) is 0.717. The number of nitrogens with zero attached hydrogens (tertiary/aromatic N) is 1. The van der Waals surface area contributed by atoms with E-state index in [9.17, 15) is 0 Å². The molecule has 0 aromatic heterocycles. The van der Waals surface area contributed by atoms with E-state index in [1.54, 1.807) is 0 Å². The maximum absolute atomic E-state index is 5.77. The summed E-state index contributed by atoms with van der Waals surface area (Å²) in [6, 6.07) is 7.48. The number of hydrogen-bond acceptors (Lipinski definition) is 4. The predicted molar refractivity (Wildman–Crippen MR) is 71.7 cm³/mol. The monoisotopic (exact) mass is 244 g/mol. The lowest BCUT2D eigenvalue weighted by molar-refractivity contribution is 0.505. The van der Waals surface area contributed by atoms with Gasteiger partial charge in [-0.15, -0.1) is 0 Å². The van der Waals surface area contributed by atoms with E-state index in [-0.39, 0.29) is 0 Å². The third-order valence-electron chi connectivity index (χ3n) is 1.33. The lowest BCUT2D eigenvalue weighted by Gasteiger charge is -2.06. The number of rotatable bonds is 4. The molecule has 0 radical (unpaired) electrons. The largest absolute Gasteiger partial charge is 0.329 e. The van der Waals surface area contributed by atoms with Crippen LogP contribution in [0.1, 0.15) is 0 Å². The van der Waals surface area contributed by atoms with Gasteiger partial charge in [0.05, 0.1) is 5.69 Å². The Labute approximate surface area is 103 Å². The number of nitrogens with two attached hydrogens (primary N) is 1. The fourth-order valence-corrected chi connectivity index (χ4v) is 0.993. The van der Waals surface area contributed by atoms with Crippen LogP contribution in [0.25, 0.3) is 0 Å². The Morgan fingerprint density at radius 3 is 2.44 bits per heavy atom. The maximum Gasteiger partial charge on any atom is 0.0502 e. The average molecular weight is 245 g/mol. The van der Waals surface area contributed by atoms with E-state index < -0.39 is 0 Å². The minimum Gasteiger partial charge on any atom is -0.329 e. The van der Waals surface area contributed by atoms with Crippen molar-refractivity contribution in [2.45, 2.75) is 0 Å². The van der Waals surface area contributed by atoms with Crippen molar-refractivity contribution in [2.24, 2.45) is 5.73 Å². The van der Waals surface area contributed by atoms with E-state index in [0.29, 0.717) is 6.54 Å². The molecule has 0 atom stereocenters. The molecule has 0 aliphatic carbocycles. The van der Waals surface area contributed by atoms with Crippen LogP contribution < -0.4 is 16.6 Å². The molecule has 0 heterocycles. The van der Waals surface area contributed by atoms with Crippen LogP contribution >= 0.6 is 11.6 Å². The minimum absolute atomic E-state index is 0.605. The van der Waals surface area contributed by atoms with E-state index in [1.165, 1.54) is 0 Å². The van der Waals surface area contributed by atoms with Gasteiger partial charge in [0.15, 0.2) is 0 Å². The van der Waals surface area contributed by atoms with E-state index >= 15 is 0 Å². The fraction of sp³-hybridized carbons (Fsp3) is 0.455. The van der Waals surface area contributed by atoms with Gasteiger partial charge < -0.3 is 16.1 Å². The molecule has 0 saturated carbocycles. The first-order chi connectivity index (χ1) is 7.56. The quantitative estimate of drug-likeness (QED) is 0.554. The Morgan fingerprint density at radius 2 is 1.94 bits per heavy atom. The second kappa shape index (κ2) is 9.42. The zero-order valence-electron chi connectivity index (χ0n) is 10.1. The molecule has 0 unspecified atom stereocenters. The molecule has 0 aliphatic rings. The van der Waals surface area contributed by atoms with Gasteiger partial charge in [0.1, 0.15) is 0 Å². The van der Waals surface area contributed by atoms with Crippen LogP contribution in [0.5, 0.6) is 0 Å². The Bertz CT molecular complexity index is 276. The molecule has 0 fully saturated rings. The van der Waals surface area contributed by atoms with E-state index in [4.69, 9.17) is 17.3 Å². The van der Waals surface area contributed by atoms with Gasteiger partial charge in [0, 0.05) is 18.1 Å². The van der Waals surface area contributed by atoms with Crippen molar-refractivity contribution in [1.82, 2.24) is 10.3 Å². The molecule has 1 aromatic rings. The van der Waals surface area contributed by atoms with Crippen LogP contribution in [0.2, 0.25) is 5.02 Å². The zero-order valence-corrected chi connectivity index (χ0v) is 10.9. The smallest absolute Gasteiger partial charge is 0.0502 e. The second-order valence-corrected chi connectivity index (χ2v) is 4.13. The zero-order chi connectivity index (χ0) is 12.4. The lowest BCUT2D eigenvalue weighted by Crippen LogP contribution is -2.27. The van der Waals surface area contributed by atoms with Crippen LogP contribution in [0, 0.1) is 0 Å². The van der Waals surface area contributed by atoms with Crippen LogP contribution in [-0.2, 0) is 0 Å². The summed E-state index contributed by atoms with van der Waals surface area (Å²) >= 11 is 5.77. The molecule has 92 valence electrons. The predicted octanol–water partition coefficient (Wildman–Crippen LogP) is 1.39. The highest BCUT2D eigenvalue weighted by atomic mass is 35.5. The molecule has 5 heteroatoms. The van der Waals surface area contributed by atoms with Crippen molar-refractivity contribution in [3.63, 3.8) is 0 Å². The Balaban J connectivity index is 0.000000487. The van der Waals surface area contributed by atoms with Crippen molar-refractivity contribution in [1.29, 1.82) is 0 Å². The van der Waals surface area contributed by atoms with Gasteiger partial charge in [0.25, 0.3) is 0 Å². The fourth-order valence-electron chi connectivity index (χ4n) is 0.803. The van der Waals surface area contributed by atoms with Crippen molar-refractivity contribution in [3.8, 4) is 0 Å². The molecule has 4 nitrogen and oxygen atoms in total. The van der Waals surface area contributed by atoms with Crippen molar-refractivity contribution < 1.29 is 0 Å². The highest BCUT2D eigenvalue weighted by molar-refractivity contribution is 6.30. The normalized spacial score (nSPS) is 9.62. The molecular formula is C11H21ClN4. The number of benzene rings is 1. The molecule has 0 saturated heterocycles. The Morgan fingerprint density at radius 1 is 1.31 bits per heavy atom. The Kier molecular flexibility index (Phi) is 8.94. The first kappa shape index (κ1) is 15.2. The molecule has 0 aliphatic heterocycles.